The van der Waals surface area contributed by atoms with E-state index in [1.54, 1.807) is 7.11 Å². The highest BCUT2D eigenvalue weighted by Gasteiger charge is 2.25. The highest BCUT2D eigenvalue weighted by Crippen LogP contribution is 2.42. The summed E-state index contributed by atoms with van der Waals surface area (Å²) in [5.74, 6) is 1.02. The van der Waals surface area contributed by atoms with Gasteiger partial charge in [0.1, 0.15) is 11.6 Å². The number of nitrogens with two attached hydrogens (primary N) is 1. The Morgan fingerprint density at radius 3 is 2.89 bits per heavy atom. The zero-order chi connectivity index (χ0) is 13.4. The molecule has 98 valence electrons. The molecule has 0 bridgehead atoms. The molecule has 0 spiro atoms. The maximum atomic E-state index is 11.0. The Morgan fingerprint density at radius 2 is 2.26 bits per heavy atom. The van der Waals surface area contributed by atoms with Gasteiger partial charge in [0.2, 0.25) is 5.91 Å². The van der Waals surface area contributed by atoms with Gasteiger partial charge in [-0.15, -0.1) is 0 Å². The highest BCUT2D eigenvalue weighted by molar-refractivity contribution is 6.12. The molecule has 0 aromatic heterocycles. The Morgan fingerprint density at radius 1 is 1.47 bits per heavy atom. The maximum Gasteiger partial charge on any atom is 0.225 e. The van der Waals surface area contributed by atoms with Crippen molar-refractivity contribution >= 4 is 23.1 Å². The molecule has 1 aromatic rings. The van der Waals surface area contributed by atoms with Crippen LogP contribution in [0.15, 0.2) is 28.8 Å². The summed E-state index contributed by atoms with van der Waals surface area (Å²) in [6.07, 6.45) is 2.26. The Kier molecular flexibility index (Phi) is 2.74. The molecule has 1 aromatic carbocycles. The number of fused-ring (bicyclic) bond motifs is 1. The number of nitrogens with one attached hydrogen (secondary N) is 1. The number of rotatable bonds is 3. The second-order valence-electron chi connectivity index (χ2n) is 4.69. The molecule has 0 radical (unpaired) electrons. The van der Waals surface area contributed by atoms with Crippen LogP contribution >= 0.6 is 0 Å². The number of allylic oxidation sites excluding steroid dienone is 1. The van der Waals surface area contributed by atoms with Gasteiger partial charge in [0, 0.05) is 11.3 Å². The van der Waals surface area contributed by atoms with Gasteiger partial charge < -0.3 is 15.8 Å². The van der Waals surface area contributed by atoms with Crippen LogP contribution in [0.1, 0.15) is 24.8 Å². The van der Waals surface area contributed by atoms with Crippen molar-refractivity contribution in [3.05, 3.63) is 29.3 Å². The third-order valence-corrected chi connectivity index (χ3v) is 3.18. The first-order valence-electron chi connectivity index (χ1n) is 6.20. The van der Waals surface area contributed by atoms with Crippen molar-refractivity contribution in [3.8, 4) is 5.75 Å². The molecular formula is C14H15N3O2. The molecule has 5 nitrogen and oxygen atoms in total. The fourth-order valence-corrected chi connectivity index (χ4v) is 2.15. The Labute approximate surface area is 111 Å². The molecule has 0 atom stereocenters. The number of benzene rings is 1. The van der Waals surface area contributed by atoms with E-state index in [4.69, 9.17) is 10.5 Å². The summed E-state index contributed by atoms with van der Waals surface area (Å²) in [5.41, 5.74) is 9.48. The summed E-state index contributed by atoms with van der Waals surface area (Å²) in [7, 11) is 1.64. The number of anilines is 1. The number of aliphatic imine (C=N–C) groups is 1. The van der Waals surface area contributed by atoms with Crippen LogP contribution in [-0.4, -0.2) is 18.9 Å². The van der Waals surface area contributed by atoms with Crippen LogP contribution in [0.2, 0.25) is 0 Å². The molecule has 1 fully saturated rings. The van der Waals surface area contributed by atoms with Crippen LogP contribution in [0.4, 0.5) is 5.69 Å². The van der Waals surface area contributed by atoms with Gasteiger partial charge in [-0.3, -0.25) is 4.79 Å². The van der Waals surface area contributed by atoms with E-state index < -0.39 is 0 Å². The van der Waals surface area contributed by atoms with Crippen LogP contribution < -0.4 is 15.8 Å². The lowest BCUT2D eigenvalue weighted by atomic mass is 10.1. The van der Waals surface area contributed by atoms with Gasteiger partial charge in [-0.1, -0.05) is 0 Å². The molecule has 3 N–H and O–H groups in total. The van der Waals surface area contributed by atoms with E-state index in [1.165, 1.54) is 5.57 Å². The van der Waals surface area contributed by atoms with Crippen molar-refractivity contribution in [1.82, 2.24) is 0 Å². The van der Waals surface area contributed by atoms with Crippen LogP contribution in [0.25, 0.3) is 5.70 Å². The lowest BCUT2D eigenvalue weighted by Gasteiger charge is -2.20. The standard InChI is InChI=1S/C14H15N3O2/c1-19-9-4-5-11-10(6-9)14(8-2-3-8)17-13(16-11)7-12(15)18/h4-6H,2-3,7H2,1H3,(H2,15,18)(H,16,17). The number of carbonyl (C=O) groups is 1. The van der Waals surface area contributed by atoms with Crippen LogP contribution in [0.3, 0.4) is 0 Å². The van der Waals surface area contributed by atoms with Gasteiger partial charge in [-0.25, -0.2) is 4.99 Å². The normalized spacial score (nSPS) is 16.4. The van der Waals surface area contributed by atoms with Crippen molar-refractivity contribution in [1.29, 1.82) is 0 Å². The van der Waals surface area contributed by atoms with Gasteiger partial charge >= 0.3 is 0 Å². The minimum absolute atomic E-state index is 0.127. The number of carbonyl (C=O) groups excluding carboxylic acids is 1. The highest BCUT2D eigenvalue weighted by atomic mass is 16.5. The van der Waals surface area contributed by atoms with Gasteiger partial charge in [0.15, 0.2) is 0 Å². The topological polar surface area (TPSA) is 76.7 Å². The zero-order valence-electron chi connectivity index (χ0n) is 10.7. The van der Waals surface area contributed by atoms with Crippen LogP contribution in [-0.2, 0) is 4.79 Å². The largest absolute Gasteiger partial charge is 0.497 e. The summed E-state index contributed by atoms with van der Waals surface area (Å²) >= 11 is 0. The van der Waals surface area contributed by atoms with Crippen LogP contribution in [0, 0.1) is 0 Å². The van der Waals surface area contributed by atoms with E-state index in [1.807, 2.05) is 18.2 Å². The molecule has 2 aliphatic rings. The van der Waals surface area contributed by atoms with Crippen molar-refractivity contribution in [2.24, 2.45) is 10.7 Å². The second-order valence-corrected chi connectivity index (χ2v) is 4.69. The third kappa shape index (κ3) is 2.31. The van der Waals surface area contributed by atoms with E-state index in [0.717, 1.165) is 35.5 Å². The Hall–Kier alpha value is -2.30. The van der Waals surface area contributed by atoms with E-state index in [0.29, 0.717) is 5.84 Å². The van der Waals surface area contributed by atoms with E-state index in [2.05, 4.69) is 10.3 Å². The molecule has 1 amide bonds. The molecule has 1 heterocycles. The minimum Gasteiger partial charge on any atom is -0.497 e. The maximum absolute atomic E-state index is 11.0. The van der Waals surface area contributed by atoms with Crippen LogP contribution in [0.5, 0.6) is 5.75 Å². The first-order valence-corrected chi connectivity index (χ1v) is 6.20. The monoisotopic (exact) mass is 257 g/mol. The number of ether oxygens (including phenoxy) is 1. The number of amides is 1. The third-order valence-electron chi connectivity index (χ3n) is 3.18. The predicted octanol–water partition coefficient (Wildman–Crippen LogP) is 1.90. The number of hydrogen-bond acceptors (Lipinski definition) is 4. The molecule has 0 saturated heterocycles. The molecule has 1 saturated carbocycles. The summed E-state index contributed by atoms with van der Waals surface area (Å²) in [6, 6.07) is 5.79. The Bertz CT molecular complexity index is 611. The number of amidine groups is 1. The molecule has 1 aliphatic heterocycles. The summed E-state index contributed by atoms with van der Waals surface area (Å²) < 4.78 is 5.25. The first-order chi connectivity index (χ1) is 9.17. The van der Waals surface area contributed by atoms with Gasteiger partial charge in [-0.05, 0) is 36.6 Å². The van der Waals surface area contributed by atoms with Gasteiger partial charge in [0.05, 0.1) is 19.2 Å². The summed E-state index contributed by atoms with van der Waals surface area (Å²) in [5, 5.41) is 3.15. The predicted molar refractivity (Wildman–Crippen MR) is 74.0 cm³/mol. The number of nitrogens with zero attached hydrogens (tertiary/aromatic N) is 1. The minimum atomic E-state index is -0.386. The lowest BCUT2D eigenvalue weighted by Crippen LogP contribution is -2.24. The Balaban J connectivity index is 2.04. The molecular weight excluding hydrogens is 242 g/mol. The van der Waals surface area contributed by atoms with Gasteiger partial charge in [0.25, 0.3) is 0 Å². The molecule has 19 heavy (non-hydrogen) atoms. The lowest BCUT2D eigenvalue weighted by molar-refractivity contribution is -0.116. The smallest absolute Gasteiger partial charge is 0.225 e. The molecule has 0 unspecified atom stereocenters. The first kappa shape index (κ1) is 11.8. The quantitative estimate of drug-likeness (QED) is 0.868. The zero-order valence-corrected chi connectivity index (χ0v) is 10.7. The summed E-state index contributed by atoms with van der Waals surface area (Å²) in [4.78, 5) is 15.6. The average molecular weight is 257 g/mol. The van der Waals surface area contributed by atoms with E-state index in [9.17, 15) is 4.79 Å². The van der Waals surface area contributed by atoms with E-state index >= 15 is 0 Å². The number of hydrogen-bond donors (Lipinski definition) is 2. The van der Waals surface area contributed by atoms with Crippen molar-refractivity contribution < 1.29 is 9.53 Å². The summed E-state index contributed by atoms with van der Waals surface area (Å²) in [6.45, 7) is 0. The fourth-order valence-electron chi connectivity index (χ4n) is 2.15. The number of methoxy groups -OCH3 is 1. The van der Waals surface area contributed by atoms with Gasteiger partial charge in [-0.2, -0.15) is 0 Å². The fraction of sp³-hybridized carbons (Fsp3) is 0.286. The van der Waals surface area contributed by atoms with Crippen molar-refractivity contribution in [2.45, 2.75) is 19.3 Å². The molecule has 5 heteroatoms. The van der Waals surface area contributed by atoms with Crippen molar-refractivity contribution in [2.75, 3.05) is 12.4 Å². The average Bonchev–Trinajstić information content (AvgIpc) is 3.20. The number of primary amides is 1. The second kappa shape index (κ2) is 4.42. The molecule has 1 aliphatic carbocycles. The van der Waals surface area contributed by atoms with E-state index in [-0.39, 0.29) is 12.3 Å². The van der Waals surface area contributed by atoms with Crippen molar-refractivity contribution in [3.63, 3.8) is 0 Å². The molecule has 3 rings (SSSR count). The SMILES string of the molecule is COc1ccc2c(c1)C(=C1CC1)N=C(CC(N)=O)N2.